The average molecular weight is 844 g/mol. The zero-order valence-corrected chi connectivity index (χ0v) is 31.9. The van der Waals surface area contributed by atoms with Gasteiger partial charge >= 0.3 is 0 Å². The van der Waals surface area contributed by atoms with E-state index in [-0.39, 0.29) is 26.5 Å². The van der Waals surface area contributed by atoms with Crippen molar-refractivity contribution in [2.75, 3.05) is 0 Å². The van der Waals surface area contributed by atoms with E-state index in [4.69, 9.17) is 9.97 Å². The molecule has 0 atom stereocenters. The minimum atomic E-state index is 0. The number of fused-ring (bicyclic) bond motifs is 6. The Labute approximate surface area is 312 Å². The maximum absolute atomic E-state index is 5.58. The number of rotatable bonds is 4. The van der Waals surface area contributed by atoms with E-state index in [1.165, 1.54) is 27.8 Å². The van der Waals surface area contributed by atoms with Gasteiger partial charge in [-0.2, -0.15) is 0 Å². The fourth-order valence-corrected chi connectivity index (χ4v) is 7.64. The van der Waals surface area contributed by atoms with Crippen molar-refractivity contribution in [1.29, 1.82) is 0 Å². The molecule has 5 aromatic carbocycles. The van der Waals surface area contributed by atoms with Gasteiger partial charge in [0.05, 0.1) is 16.7 Å². The Kier molecular flexibility index (Phi) is 7.88. The second kappa shape index (κ2) is 12.2. The normalized spacial score (nSPS) is 12.0. The Morgan fingerprint density at radius 1 is 0.608 bits per heavy atom. The van der Waals surface area contributed by atoms with Crippen molar-refractivity contribution in [2.24, 2.45) is 0 Å². The van der Waals surface area contributed by atoms with E-state index in [1.54, 1.807) is 0 Å². The summed E-state index contributed by atoms with van der Waals surface area (Å²) < 4.78 is 6.69. The summed E-state index contributed by atoms with van der Waals surface area (Å²) in [6, 6.07) is 43.0. The number of nitrogens with zero attached hydrogens (tertiary/aromatic N) is 5. The third kappa shape index (κ3) is 5.17. The molecule has 51 heavy (non-hydrogen) atoms. The smallest absolute Gasteiger partial charge is 0.220 e. The zero-order valence-electron chi connectivity index (χ0n) is 29.6. The van der Waals surface area contributed by atoms with Crippen LogP contribution in [0.1, 0.15) is 43.0 Å². The third-order valence-corrected chi connectivity index (χ3v) is 10.2. The molecule has 0 N–H and O–H groups in total. The van der Waals surface area contributed by atoms with Crippen molar-refractivity contribution in [2.45, 2.75) is 47.0 Å². The predicted octanol–water partition coefficient (Wildman–Crippen LogP) is 11.1. The van der Waals surface area contributed by atoms with Gasteiger partial charge in [-0.25, -0.2) is 9.97 Å². The molecule has 0 saturated heterocycles. The van der Waals surface area contributed by atoms with Gasteiger partial charge in [0.1, 0.15) is 11.3 Å². The first-order valence-corrected chi connectivity index (χ1v) is 17.3. The molecule has 0 aliphatic rings. The van der Waals surface area contributed by atoms with Gasteiger partial charge in [0, 0.05) is 55.0 Å². The van der Waals surface area contributed by atoms with Gasteiger partial charge in [-0.05, 0) is 61.2 Å². The molecular weight excluding hydrogens is 806 g/mol. The summed E-state index contributed by atoms with van der Waals surface area (Å²) in [5.41, 5.74) is 13.3. The monoisotopic (exact) mass is 843 g/mol. The first kappa shape index (κ1) is 32.9. The van der Waals surface area contributed by atoms with Gasteiger partial charge in [0.2, 0.25) is 5.95 Å². The molecule has 0 bridgehead atoms. The zero-order chi connectivity index (χ0) is 34.3. The summed E-state index contributed by atoms with van der Waals surface area (Å²) in [5, 5.41) is 4.52. The molecule has 0 aliphatic heterocycles. The van der Waals surface area contributed by atoms with E-state index in [9.17, 15) is 0 Å². The van der Waals surface area contributed by atoms with E-state index in [2.05, 4.69) is 177 Å². The van der Waals surface area contributed by atoms with Gasteiger partial charge in [-0.1, -0.05) is 110 Å². The second-order valence-corrected chi connectivity index (χ2v) is 14.5. The van der Waals surface area contributed by atoms with Crippen LogP contribution in [0.2, 0.25) is 0 Å². The largest absolute Gasteiger partial charge is 0.312 e. The molecule has 9 rings (SSSR count). The molecule has 0 saturated carbocycles. The van der Waals surface area contributed by atoms with Crippen molar-refractivity contribution >= 4 is 43.9 Å². The Balaban J connectivity index is 0.00000374. The molecule has 0 fully saturated rings. The molecule has 0 aliphatic carbocycles. The quantitative estimate of drug-likeness (QED) is 0.166. The van der Waals surface area contributed by atoms with E-state index in [0.29, 0.717) is 0 Å². The van der Waals surface area contributed by atoms with Crippen LogP contribution in [-0.2, 0) is 26.5 Å². The maximum Gasteiger partial charge on any atom is 0.220 e. The fraction of sp³-hybridized carbons (Fsp3) is 0.156. The van der Waals surface area contributed by atoms with E-state index in [0.717, 1.165) is 66.8 Å². The van der Waals surface area contributed by atoms with Crippen LogP contribution in [0.4, 0.5) is 0 Å². The molecule has 0 radical (unpaired) electrons. The molecule has 6 heteroatoms. The van der Waals surface area contributed by atoms with Crippen LogP contribution in [0.15, 0.2) is 122 Å². The molecule has 254 valence electrons. The van der Waals surface area contributed by atoms with Crippen molar-refractivity contribution in [3.05, 3.63) is 150 Å². The number of aryl methyl sites for hydroxylation is 3. The summed E-state index contributed by atoms with van der Waals surface area (Å²) in [7, 11) is 0. The van der Waals surface area contributed by atoms with Crippen molar-refractivity contribution in [3.63, 3.8) is 0 Å². The third-order valence-electron chi connectivity index (χ3n) is 10.2. The number of hydrogen-bond donors (Lipinski definition) is 0. The van der Waals surface area contributed by atoms with Crippen molar-refractivity contribution in [3.8, 4) is 28.5 Å². The van der Waals surface area contributed by atoms with Crippen LogP contribution >= 0.6 is 0 Å². The summed E-state index contributed by atoms with van der Waals surface area (Å²) in [6.45, 7) is 13.3. The van der Waals surface area contributed by atoms with Gasteiger partial charge in [0.15, 0.2) is 0 Å². The van der Waals surface area contributed by atoms with Crippen molar-refractivity contribution < 1.29 is 21.1 Å². The fourth-order valence-electron chi connectivity index (χ4n) is 7.64. The van der Waals surface area contributed by atoms with E-state index < -0.39 is 0 Å². The minimum absolute atomic E-state index is 0. The predicted molar refractivity (Wildman–Crippen MR) is 207 cm³/mol. The van der Waals surface area contributed by atoms with Gasteiger partial charge in [-0.15, -0.1) is 29.8 Å². The number of aromatic nitrogens is 5. The summed E-state index contributed by atoms with van der Waals surface area (Å²) in [4.78, 5) is 10.6. The summed E-state index contributed by atoms with van der Waals surface area (Å²) >= 11 is 0. The van der Waals surface area contributed by atoms with Gasteiger partial charge in [0.25, 0.3) is 0 Å². The Bertz CT molecular complexity index is 2770. The first-order chi connectivity index (χ1) is 24.2. The molecule has 0 spiro atoms. The second-order valence-electron chi connectivity index (χ2n) is 14.5. The molecule has 0 amide bonds. The number of imidazole rings is 1. The number of pyridine rings is 1. The average Bonchev–Trinajstić information content (AvgIpc) is 3.79. The van der Waals surface area contributed by atoms with Gasteiger partial charge in [-0.3, -0.25) is 9.13 Å². The van der Waals surface area contributed by atoms with Gasteiger partial charge < -0.3 is 4.57 Å². The Morgan fingerprint density at radius 3 is 1.92 bits per heavy atom. The first-order valence-electron chi connectivity index (χ1n) is 17.3. The summed E-state index contributed by atoms with van der Waals surface area (Å²) in [5.74, 6) is 0.811. The number of para-hydroxylation sites is 3. The van der Waals surface area contributed by atoms with Crippen LogP contribution in [0.3, 0.4) is 0 Å². The van der Waals surface area contributed by atoms with Crippen LogP contribution in [0.5, 0.6) is 0 Å². The van der Waals surface area contributed by atoms with Crippen molar-refractivity contribution in [1.82, 2.24) is 23.7 Å². The SMILES string of the molecule is Cc1ccc(C(C)(C)C)cc1-c1[c-]c(-n2c3ccccc3c3cc4c5ccccc5n(-c5nccn5-c5c(C)cccc5C)c4nc32)ccc1.[Pt]. The topological polar surface area (TPSA) is 40.6 Å². The Hall–Kier alpha value is -5.25. The van der Waals surface area contributed by atoms with Crippen LogP contribution in [0, 0.1) is 26.8 Å². The Morgan fingerprint density at radius 2 is 1.24 bits per heavy atom. The van der Waals surface area contributed by atoms with Crippen LogP contribution in [0.25, 0.3) is 72.3 Å². The minimum Gasteiger partial charge on any atom is -0.312 e. The molecule has 4 aromatic heterocycles. The van der Waals surface area contributed by atoms with E-state index >= 15 is 0 Å². The molecule has 4 heterocycles. The van der Waals surface area contributed by atoms with Crippen LogP contribution in [-0.4, -0.2) is 23.7 Å². The maximum atomic E-state index is 5.58. The standard InChI is InChI=1S/C45H38N5.Pt/c1-28-21-22-32(45(4,5)6)26-36(28)31-15-12-16-33(25-31)49-39-19-9-7-17-34(39)37-27-38-35-18-8-10-20-40(35)50(43(38)47-42(37)49)44-46-23-24-48(44)41-29(2)13-11-14-30(41)3;/h7-24,26-27H,1-6H3;/q-1;. The summed E-state index contributed by atoms with van der Waals surface area (Å²) in [6.07, 6.45) is 3.94. The number of hydrogen-bond acceptors (Lipinski definition) is 2. The molecule has 5 nitrogen and oxygen atoms in total. The number of benzene rings is 5. The molecule has 9 aromatic rings. The van der Waals surface area contributed by atoms with Crippen LogP contribution < -0.4 is 0 Å². The molecular formula is C45H38N5Pt-. The van der Waals surface area contributed by atoms with E-state index in [1.807, 2.05) is 6.20 Å². The molecule has 0 unspecified atom stereocenters.